The molecule has 1 aromatic rings. The Balaban J connectivity index is 2.48. The van der Waals surface area contributed by atoms with Gasteiger partial charge in [-0.2, -0.15) is 0 Å². The molecule has 70 valence electrons. The summed E-state index contributed by atoms with van der Waals surface area (Å²) in [5.41, 5.74) is 1.89. The molecule has 1 aromatic heterocycles. The summed E-state index contributed by atoms with van der Waals surface area (Å²) in [7, 11) is 0. The Morgan fingerprint density at radius 2 is 2.54 bits per heavy atom. The van der Waals surface area contributed by atoms with Crippen LogP contribution in [0.25, 0.3) is 0 Å². The molecule has 4 heteroatoms. The molecule has 0 amide bonds. The number of ether oxygens (including phenoxy) is 1. The van der Waals surface area contributed by atoms with Gasteiger partial charge in [0.1, 0.15) is 12.3 Å². The van der Waals surface area contributed by atoms with Gasteiger partial charge in [0, 0.05) is 12.7 Å². The maximum atomic E-state index is 6.14. The van der Waals surface area contributed by atoms with Crippen LogP contribution in [0.2, 0.25) is 5.02 Å². The second-order valence-corrected chi connectivity index (χ2v) is 3.28. The summed E-state index contributed by atoms with van der Waals surface area (Å²) in [6.07, 6.45) is 2.66. The molecule has 1 N–H and O–H groups in total. The Kier molecular flexibility index (Phi) is 2.27. The third kappa shape index (κ3) is 1.44. The topological polar surface area (TPSA) is 34.2 Å². The van der Waals surface area contributed by atoms with Crippen molar-refractivity contribution in [3.63, 3.8) is 0 Å². The number of anilines is 1. The number of hydrogen-bond donors (Lipinski definition) is 1. The summed E-state index contributed by atoms with van der Waals surface area (Å²) in [4.78, 5) is 4.18. The van der Waals surface area contributed by atoms with Gasteiger partial charge in [0.15, 0.2) is 0 Å². The number of rotatable bonds is 1. The van der Waals surface area contributed by atoms with Crippen LogP contribution in [0.1, 0.15) is 12.5 Å². The lowest BCUT2D eigenvalue weighted by Crippen LogP contribution is -2.19. The van der Waals surface area contributed by atoms with Crippen molar-refractivity contribution in [3.8, 4) is 5.88 Å². The maximum Gasteiger partial charge on any atom is 0.239 e. The summed E-state index contributed by atoms with van der Waals surface area (Å²) in [6, 6.07) is 0. The molecular weight excluding hydrogens is 188 g/mol. The van der Waals surface area contributed by atoms with Gasteiger partial charge in [0.2, 0.25) is 5.88 Å². The van der Waals surface area contributed by atoms with E-state index in [-0.39, 0.29) is 0 Å². The van der Waals surface area contributed by atoms with Gasteiger partial charge >= 0.3 is 0 Å². The first-order valence-electron chi connectivity index (χ1n) is 4.37. The van der Waals surface area contributed by atoms with Crippen molar-refractivity contribution >= 4 is 17.3 Å². The average molecular weight is 199 g/mol. The standard InChI is InChI=1S/C9H11ClN2O/c1-2-6-5-12-9-8(7(6)10)11-3-4-13-9/h5,11H,2-4H2,1H3. The lowest BCUT2D eigenvalue weighted by molar-refractivity contribution is 0.310. The number of fused-ring (bicyclic) bond motifs is 1. The van der Waals surface area contributed by atoms with E-state index in [1.165, 1.54) is 0 Å². The van der Waals surface area contributed by atoms with Gasteiger partial charge in [-0.15, -0.1) is 0 Å². The van der Waals surface area contributed by atoms with E-state index < -0.39 is 0 Å². The van der Waals surface area contributed by atoms with E-state index in [1.807, 2.05) is 0 Å². The molecule has 0 atom stereocenters. The van der Waals surface area contributed by atoms with E-state index in [0.29, 0.717) is 12.5 Å². The molecule has 0 unspecified atom stereocenters. The fraction of sp³-hybridized carbons (Fsp3) is 0.444. The molecule has 0 aromatic carbocycles. The molecule has 0 radical (unpaired) electrons. The first-order valence-corrected chi connectivity index (χ1v) is 4.74. The fourth-order valence-corrected chi connectivity index (χ4v) is 1.68. The Morgan fingerprint density at radius 3 is 3.31 bits per heavy atom. The van der Waals surface area contributed by atoms with Crippen molar-refractivity contribution in [1.29, 1.82) is 0 Å². The highest BCUT2D eigenvalue weighted by atomic mass is 35.5. The zero-order chi connectivity index (χ0) is 9.26. The van der Waals surface area contributed by atoms with E-state index in [0.717, 1.165) is 29.2 Å². The number of pyridine rings is 1. The van der Waals surface area contributed by atoms with Gasteiger partial charge in [-0.05, 0) is 12.0 Å². The first-order chi connectivity index (χ1) is 6.33. The molecule has 2 rings (SSSR count). The Morgan fingerprint density at radius 1 is 1.69 bits per heavy atom. The summed E-state index contributed by atoms with van der Waals surface area (Å²) < 4.78 is 5.35. The van der Waals surface area contributed by atoms with E-state index in [1.54, 1.807) is 6.20 Å². The molecule has 3 nitrogen and oxygen atoms in total. The number of nitrogens with zero attached hydrogens (tertiary/aromatic N) is 1. The van der Waals surface area contributed by atoms with Gasteiger partial charge in [-0.3, -0.25) is 0 Å². The van der Waals surface area contributed by atoms with E-state index in [2.05, 4.69) is 17.2 Å². The number of halogens is 1. The molecule has 13 heavy (non-hydrogen) atoms. The Bertz CT molecular complexity index is 328. The van der Waals surface area contributed by atoms with Crippen LogP contribution >= 0.6 is 11.6 Å². The van der Waals surface area contributed by atoms with Gasteiger partial charge in [0.05, 0.1) is 5.02 Å². The molecule has 0 saturated heterocycles. The minimum absolute atomic E-state index is 0.619. The van der Waals surface area contributed by atoms with Crippen molar-refractivity contribution < 1.29 is 4.74 Å². The lowest BCUT2D eigenvalue weighted by Gasteiger charge is -2.19. The molecule has 0 spiro atoms. The zero-order valence-corrected chi connectivity index (χ0v) is 8.19. The van der Waals surface area contributed by atoms with Crippen LogP contribution in [0.5, 0.6) is 5.88 Å². The SMILES string of the molecule is CCc1cnc2c(c1Cl)NCCO2. The third-order valence-electron chi connectivity index (χ3n) is 2.08. The number of aromatic nitrogens is 1. The van der Waals surface area contributed by atoms with E-state index in [9.17, 15) is 0 Å². The van der Waals surface area contributed by atoms with Gasteiger partial charge in [-0.25, -0.2) is 4.98 Å². The molecular formula is C9H11ClN2O. The summed E-state index contributed by atoms with van der Waals surface area (Å²) in [5, 5.41) is 3.93. The Labute approximate surface area is 82.1 Å². The van der Waals surface area contributed by atoms with E-state index >= 15 is 0 Å². The van der Waals surface area contributed by atoms with Crippen molar-refractivity contribution in [2.24, 2.45) is 0 Å². The third-order valence-corrected chi connectivity index (χ3v) is 2.51. The van der Waals surface area contributed by atoms with Gasteiger partial charge in [-0.1, -0.05) is 18.5 Å². The summed E-state index contributed by atoms with van der Waals surface area (Å²) in [6.45, 7) is 3.50. The van der Waals surface area contributed by atoms with Crippen LogP contribution in [0.15, 0.2) is 6.20 Å². The highest BCUT2D eigenvalue weighted by Gasteiger charge is 2.16. The number of hydrogen-bond acceptors (Lipinski definition) is 3. The van der Waals surface area contributed by atoms with Crippen LogP contribution in [0.4, 0.5) is 5.69 Å². The normalized spacial score (nSPS) is 14.3. The minimum Gasteiger partial charge on any atom is -0.474 e. The second-order valence-electron chi connectivity index (χ2n) is 2.91. The first kappa shape index (κ1) is 8.63. The summed E-state index contributed by atoms with van der Waals surface area (Å²) in [5.74, 6) is 0.619. The summed E-state index contributed by atoms with van der Waals surface area (Å²) >= 11 is 6.14. The van der Waals surface area contributed by atoms with Crippen LogP contribution in [0, 0.1) is 0 Å². The fourth-order valence-electron chi connectivity index (χ4n) is 1.35. The Hall–Kier alpha value is -0.960. The molecule has 0 saturated carbocycles. The number of nitrogens with one attached hydrogen (secondary N) is 1. The smallest absolute Gasteiger partial charge is 0.239 e. The monoisotopic (exact) mass is 198 g/mol. The van der Waals surface area contributed by atoms with Crippen molar-refractivity contribution in [2.75, 3.05) is 18.5 Å². The van der Waals surface area contributed by atoms with Crippen molar-refractivity contribution in [1.82, 2.24) is 4.98 Å². The van der Waals surface area contributed by atoms with Crippen LogP contribution < -0.4 is 10.1 Å². The van der Waals surface area contributed by atoms with Crippen LogP contribution in [0.3, 0.4) is 0 Å². The highest BCUT2D eigenvalue weighted by Crippen LogP contribution is 2.34. The second kappa shape index (κ2) is 3.42. The molecule has 0 bridgehead atoms. The molecule has 0 aliphatic carbocycles. The molecule has 2 heterocycles. The van der Waals surface area contributed by atoms with Crippen molar-refractivity contribution in [2.45, 2.75) is 13.3 Å². The van der Waals surface area contributed by atoms with Crippen molar-refractivity contribution in [3.05, 3.63) is 16.8 Å². The molecule has 1 aliphatic rings. The number of aryl methyl sites for hydroxylation is 1. The van der Waals surface area contributed by atoms with Gasteiger partial charge in [0.25, 0.3) is 0 Å². The molecule has 1 aliphatic heterocycles. The van der Waals surface area contributed by atoms with E-state index in [4.69, 9.17) is 16.3 Å². The van der Waals surface area contributed by atoms with Crippen LogP contribution in [-0.2, 0) is 6.42 Å². The highest BCUT2D eigenvalue weighted by molar-refractivity contribution is 6.34. The zero-order valence-electron chi connectivity index (χ0n) is 7.43. The average Bonchev–Trinajstić information content (AvgIpc) is 2.19. The lowest BCUT2D eigenvalue weighted by atomic mass is 10.2. The minimum atomic E-state index is 0.619. The van der Waals surface area contributed by atoms with Crippen LogP contribution in [-0.4, -0.2) is 18.1 Å². The predicted octanol–water partition coefficient (Wildman–Crippen LogP) is 2.10. The van der Waals surface area contributed by atoms with Gasteiger partial charge < -0.3 is 10.1 Å². The quantitative estimate of drug-likeness (QED) is 0.751. The predicted molar refractivity (Wildman–Crippen MR) is 52.6 cm³/mol. The maximum absolute atomic E-state index is 6.14. The molecule has 0 fully saturated rings. The largest absolute Gasteiger partial charge is 0.474 e.